The molecule has 3 heteroatoms. The third-order valence-corrected chi connectivity index (χ3v) is 2.77. The Hall–Kier alpha value is -2.03. The molecule has 1 heterocycles. The van der Waals surface area contributed by atoms with E-state index in [9.17, 15) is 0 Å². The van der Waals surface area contributed by atoms with Gasteiger partial charge in [0.15, 0.2) is 0 Å². The molecule has 0 spiro atoms. The second kappa shape index (κ2) is 6.05. The summed E-state index contributed by atoms with van der Waals surface area (Å²) in [4.78, 5) is 4.21. The van der Waals surface area contributed by atoms with Crippen LogP contribution in [0, 0.1) is 0 Å². The van der Waals surface area contributed by atoms with E-state index in [-0.39, 0.29) is 0 Å². The van der Waals surface area contributed by atoms with E-state index in [1.165, 1.54) is 5.56 Å². The van der Waals surface area contributed by atoms with Gasteiger partial charge in [-0.15, -0.1) is 0 Å². The van der Waals surface area contributed by atoms with E-state index in [0.29, 0.717) is 0 Å². The lowest BCUT2D eigenvalue weighted by molar-refractivity contribution is 1.14. The van der Waals surface area contributed by atoms with E-state index in [1.54, 1.807) is 0 Å². The second-order valence-corrected chi connectivity index (χ2v) is 4.17. The predicted octanol–water partition coefficient (Wildman–Crippen LogP) is 3.82. The molecule has 0 saturated heterocycles. The van der Waals surface area contributed by atoms with E-state index < -0.39 is 0 Å². The minimum Gasteiger partial charge on any atom is -0.384 e. The summed E-state index contributed by atoms with van der Waals surface area (Å²) in [5.74, 6) is 0. The summed E-state index contributed by atoms with van der Waals surface area (Å²) in [7, 11) is 0. The Balaban J connectivity index is 2.09. The molecule has 0 radical (unpaired) electrons. The van der Waals surface area contributed by atoms with Crippen LogP contribution in [0.2, 0.25) is 0 Å². The summed E-state index contributed by atoms with van der Waals surface area (Å²) in [6.45, 7) is 5.13. The molecule has 1 aromatic heterocycles. The maximum atomic E-state index is 4.21. The minimum atomic E-state index is 0.899. The van der Waals surface area contributed by atoms with Crippen molar-refractivity contribution in [3.63, 3.8) is 0 Å². The molecule has 0 aliphatic carbocycles. The van der Waals surface area contributed by atoms with Gasteiger partial charge in [-0.25, -0.2) is 0 Å². The number of pyridine rings is 1. The Morgan fingerprint density at radius 2 is 1.67 bits per heavy atom. The van der Waals surface area contributed by atoms with Crippen molar-refractivity contribution in [3.8, 4) is 0 Å². The fourth-order valence-electron chi connectivity index (χ4n) is 1.80. The molecular weight excluding hydrogens is 222 g/mol. The van der Waals surface area contributed by atoms with E-state index in [0.717, 1.165) is 30.0 Å². The van der Waals surface area contributed by atoms with Crippen molar-refractivity contribution in [2.75, 3.05) is 17.2 Å². The van der Waals surface area contributed by atoms with Crippen LogP contribution >= 0.6 is 0 Å². The third kappa shape index (κ3) is 3.23. The van der Waals surface area contributed by atoms with Crippen molar-refractivity contribution < 1.29 is 0 Å². The molecule has 0 aliphatic rings. The SMILES string of the molecule is CCNc1cncc(Nc2ccc(CC)cc2)c1. The number of rotatable bonds is 5. The standard InChI is InChI=1S/C15H19N3/c1-3-12-5-7-13(8-6-12)18-15-9-14(17-4-2)10-16-11-15/h5-11,17-18H,3-4H2,1-2H3. The van der Waals surface area contributed by atoms with Gasteiger partial charge >= 0.3 is 0 Å². The van der Waals surface area contributed by atoms with Gasteiger partial charge in [-0.05, 0) is 37.1 Å². The molecule has 2 aromatic rings. The molecule has 18 heavy (non-hydrogen) atoms. The largest absolute Gasteiger partial charge is 0.384 e. The Morgan fingerprint density at radius 1 is 0.944 bits per heavy atom. The summed E-state index contributed by atoms with van der Waals surface area (Å²) in [5.41, 5.74) is 4.47. The molecule has 0 amide bonds. The highest BCUT2D eigenvalue weighted by atomic mass is 14.9. The summed E-state index contributed by atoms with van der Waals surface area (Å²) in [6, 6.07) is 10.5. The minimum absolute atomic E-state index is 0.899. The first-order valence-corrected chi connectivity index (χ1v) is 6.36. The zero-order valence-corrected chi connectivity index (χ0v) is 10.9. The van der Waals surface area contributed by atoms with Crippen molar-refractivity contribution in [3.05, 3.63) is 48.3 Å². The second-order valence-electron chi connectivity index (χ2n) is 4.17. The van der Waals surface area contributed by atoms with Crippen molar-refractivity contribution in [1.82, 2.24) is 4.98 Å². The molecule has 0 bridgehead atoms. The molecule has 0 fully saturated rings. The van der Waals surface area contributed by atoms with Crippen LogP contribution in [0.1, 0.15) is 19.4 Å². The lowest BCUT2D eigenvalue weighted by Crippen LogP contribution is -1.98. The maximum Gasteiger partial charge on any atom is 0.0591 e. The molecule has 0 saturated carbocycles. The monoisotopic (exact) mass is 241 g/mol. The highest BCUT2D eigenvalue weighted by Crippen LogP contribution is 2.19. The van der Waals surface area contributed by atoms with E-state index >= 15 is 0 Å². The summed E-state index contributed by atoms with van der Waals surface area (Å²) in [5, 5.41) is 6.60. The van der Waals surface area contributed by atoms with Gasteiger partial charge < -0.3 is 10.6 Å². The van der Waals surface area contributed by atoms with Crippen LogP contribution in [0.25, 0.3) is 0 Å². The van der Waals surface area contributed by atoms with E-state index in [1.807, 2.05) is 12.4 Å². The van der Waals surface area contributed by atoms with Gasteiger partial charge in [0.1, 0.15) is 0 Å². The maximum absolute atomic E-state index is 4.21. The summed E-state index contributed by atoms with van der Waals surface area (Å²) in [6.07, 6.45) is 4.72. The van der Waals surface area contributed by atoms with Gasteiger partial charge in [0.05, 0.1) is 23.8 Å². The number of aromatic nitrogens is 1. The van der Waals surface area contributed by atoms with Gasteiger partial charge in [0, 0.05) is 12.2 Å². The summed E-state index contributed by atoms with van der Waals surface area (Å²) < 4.78 is 0. The molecule has 0 unspecified atom stereocenters. The van der Waals surface area contributed by atoms with Gasteiger partial charge in [0.2, 0.25) is 0 Å². The van der Waals surface area contributed by atoms with Crippen LogP contribution in [0.4, 0.5) is 17.1 Å². The van der Waals surface area contributed by atoms with Crippen LogP contribution in [-0.2, 0) is 6.42 Å². The Morgan fingerprint density at radius 3 is 2.33 bits per heavy atom. The van der Waals surface area contributed by atoms with Crippen molar-refractivity contribution >= 4 is 17.1 Å². The van der Waals surface area contributed by atoms with E-state index in [2.05, 4.69) is 59.8 Å². The summed E-state index contributed by atoms with van der Waals surface area (Å²) >= 11 is 0. The van der Waals surface area contributed by atoms with Crippen molar-refractivity contribution in [2.45, 2.75) is 20.3 Å². The zero-order chi connectivity index (χ0) is 12.8. The first-order chi connectivity index (χ1) is 8.81. The fraction of sp³-hybridized carbons (Fsp3) is 0.267. The number of aryl methyl sites for hydroxylation is 1. The number of hydrogen-bond donors (Lipinski definition) is 2. The normalized spacial score (nSPS) is 10.1. The predicted molar refractivity (Wildman–Crippen MR) is 77.5 cm³/mol. The third-order valence-electron chi connectivity index (χ3n) is 2.77. The van der Waals surface area contributed by atoms with Crippen LogP contribution in [-0.4, -0.2) is 11.5 Å². The molecule has 94 valence electrons. The lowest BCUT2D eigenvalue weighted by atomic mass is 10.1. The van der Waals surface area contributed by atoms with Gasteiger partial charge in [-0.1, -0.05) is 19.1 Å². The van der Waals surface area contributed by atoms with Gasteiger partial charge in [0.25, 0.3) is 0 Å². The number of nitrogens with zero attached hydrogens (tertiary/aromatic N) is 1. The average Bonchev–Trinajstić information content (AvgIpc) is 2.40. The zero-order valence-electron chi connectivity index (χ0n) is 10.9. The highest BCUT2D eigenvalue weighted by Gasteiger charge is 1.97. The Bertz CT molecular complexity index is 491. The lowest BCUT2D eigenvalue weighted by Gasteiger charge is -2.09. The molecule has 2 N–H and O–H groups in total. The first-order valence-electron chi connectivity index (χ1n) is 6.36. The molecule has 0 aliphatic heterocycles. The first kappa shape index (κ1) is 12.4. The fourth-order valence-corrected chi connectivity index (χ4v) is 1.80. The molecule has 2 rings (SSSR count). The van der Waals surface area contributed by atoms with Gasteiger partial charge in [-0.3, -0.25) is 4.98 Å². The smallest absolute Gasteiger partial charge is 0.0591 e. The molecule has 3 nitrogen and oxygen atoms in total. The quantitative estimate of drug-likeness (QED) is 0.835. The van der Waals surface area contributed by atoms with Crippen molar-refractivity contribution in [2.24, 2.45) is 0 Å². The molecular formula is C15H19N3. The Kier molecular flexibility index (Phi) is 4.18. The molecule has 1 aromatic carbocycles. The van der Waals surface area contributed by atoms with Crippen LogP contribution in [0.3, 0.4) is 0 Å². The van der Waals surface area contributed by atoms with Crippen LogP contribution in [0.5, 0.6) is 0 Å². The Labute approximate surface area is 108 Å². The van der Waals surface area contributed by atoms with Crippen LogP contribution in [0.15, 0.2) is 42.7 Å². The topological polar surface area (TPSA) is 37.0 Å². The van der Waals surface area contributed by atoms with Crippen molar-refractivity contribution in [1.29, 1.82) is 0 Å². The van der Waals surface area contributed by atoms with E-state index in [4.69, 9.17) is 0 Å². The van der Waals surface area contributed by atoms with Gasteiger partial charge in [-0.2, -0.15) is 0 Å². The average molecular weight is 241 g/mol. The molecule has 0 atom stereocenters. The van der Waals surface area contributed by atoms with Crippen LogP contribution < -0.4 is 10.6 Å². The number of anilines is 3. The number of benzene rings is 1. The highest BCUT2D eigenvalue weighted by molar-refractivity contribution is 5.63. The number of hydrogen-bond acceptors (Lipinski definition) is 3. The number of nitrogens with one attached hydrogen (secondary N) is 2.